The van der Waals surface area contributed by atoms with Crippen molar-refractivity contribution in [1.29, 1.82) is 5.41 Å². The van der Waals surface area contributed by atoms with Crippen LogP contribution in [0.5, 0.6) is 5.75 Å². The Morgan fingerprint density at radius 3 is 2.53 bits per heavy atom. The van der Waals surface area contributed by atoms with Crippen LogP contribution in [0.15, 0.2) is 53.5 Å². The number of aromatic nitrogens is 2. The molecule has 0 atom stereocenters. The largest absolute Gasteiger partial charge is 0.426 e. The van der Waals surface area contributed by atoms with E-state index < -0.39 is 11.5 Å². The maximum Gasteiger partial charge on any atom is 0.314 e. The summed E-state index contributed by atoms with van der Waals surface area (Å²) in [5, 5.41) is 13.3. The fraction of sp³-hybridized carbons (Fsp3) is 0.296. The number of hydrogen-bond acceptors (Lipinski definition) is 8. The highest BCUT2D eigenvalue weighted by Crippen LogP contribution is 2.32. The van der Waals surface area contributed by atoms with Crippen LogP contribution in [-0.2, 0) is 22.7 Å². The molecule has 0 unspecified atom stereocenters. The minimum absolute atomic E-state index is 0.0389. The number of amidine groups is 1. The van der Waals surface area contributed by atoms with E-state index in [1.54, 1.807) is 42.5 Å². The molecule has 1 aromatic heterocycles. The molecule has 38 heavy (non-hydrogen) atoms. The molecule has 0 spiro atoms. The van der Waals surface area contributed by atoms with Crippen LogP contribution in [0.3, 0.4) is 0 Å². The van der Waals surface area contributed by atoms with Crippen molar-refractivity contribution < 1.29 is 14.3 Å². The van der Waals surface area contributed by atoms with Crippen molar-refractivity contribution in [3.63, 3.8) is 0 Å². The van der Waals surface area contributed by atoms with Gasteiger partial charge in [-0.15, -0.1) is 0 Å². The van der Waals surface area contributed by atoms with E-state index in [-0.39, 0.29) is 48.4 Å². The molecule has 1 heterocycles. The maximum absolute atomic E-state index is 13.4. The molecule has 11 heteroatoms. The first-order chi connectivity index (χ1) is 18.1. The van der Waals surface area contributed by atoms with E-state index in [0.717, 1.165) is 18.4 Å². The highest BCUT2D eigenvalue weighted by molar-refractivity contribution is 5.94. The molecule has 7 N–H and O–H groups in total. The number of hydrogen-bond donors (Lipinski definition) is 5. The molecule has 11 nitrogen and oxygen atoms in total. The van der Waals surface area contributed by atoms with Crippen molar-refractivity contribution in [1.82, 2.24) is 14.9 Å². The molecule has 0 aliphatic heterocycles. The number of rotatable bonds is 10. The second-order valence-electron chi connectivity index (χ2n) is 9.56. The molecule has 2 aromatic carbocycles. The van der Waals surface area contributed by atoms with Gasteiger partial charge in [-0.25, -0.2) is 4.98 Å². The number of ether oxygens (including phenoxy) is 1. The first-order valence-corrected chi connectivity index (χ1v) is 12.3. The van der Waals surface area contributed by atoms with Crippen molar-refractivity contribution in [2.45, 2.75) is 45.8 Å². The molecule has 0 bridgehead atoms. The number of amides is 1. The topological polar surface area (TPSA) is 178 Å². The Kier molecular flexibility index (Phi) is 7.75. The summed E-state index contributed by atoms with van der Waals surface area (Å²) < 4.78 is 6.79. The van der Waals surface area contributed by atoms with E-state index in [2.05, 4.69) is 15.6 Å². The van der Waals surface area contributed by atoms with Gasteiger partial charge in [-0.05, 0) is 44.4 Å². The fourth-order valence-electron chi connectivity index (χ4n) is 3.80. The molecule has 0 radical (unpaired) electrons. The molecule has 1 amide bonds. The highest BCUT2D eigenvalue weighted by atomic mass is 16.5. The second kappa shape index (κ2) is 11.2. The van der Waals surface area contributed by atoms with Gasteiger partial charge >= 0.3 is 5.97 Å². The number of esters is 1. The standard InChI is InChI=1S/C27H31N7O4/c1-15(2)33-25-26(36)34(14-23(35)31-12-16-3-5-17(6-4-16)24(29)30)22(13-32-25)19-9-20(28)11-21(10-19)38-27(37)18-7-8-18/h3-6,9-11,13,15,18H,7-8,12,14,28H2,1-2H3,(H3,29,30)(H,31,35)(H,32,33). The normalized spacial score (nSPS) is 12.7. The van der Waals surface area contributed by atoms with Crippen LogP contribution >= 0.6 is 0 Å². The van der Waals surface area contributed by atoms with Crippen LogP contribution in [0.2, 0.25) is 0 Å². The number of carbonyl (C=O) groups excluding carboxylic acids is 2. The van der Waals surface area contributed by atoms with Gasteiger partial charge in [0.25, 0.3) is 5.56 Å². The number of benzene rings is 2. The number of anilines is 2. The summed E-state index contributed by atoms with van der Waals surface area (Å²) in [6.07, 6.45) is 3.09. The lowest BCUT2D eigenvalue weighted by atomic mass is 10.1. The Labute approximate surface area is 219 Å². The summed E-state index contributed by atoms with van der Waals surface area (Å²) in [6.45, 7) is 3.70. The fourth-order valence-corrected chi connectivity index (χ4v) is 3.80. The summed E-state index contributed by atoms with van der Waals surface area (Å²) in [7, 11) is 0. The third-order valence-corrected chi connectivity index (χ3v) is 5.89. The lowest BCUT2D eigenvalue weighted by molar-refractivity contribution is -0.135. The third-order valence-electron chi connectivity index (χ3n) is 5.89. The van der Waals surface area contributed by atoms with Crippen LogP contribution < -0.4 is 32.4 Å². The summed E-state index contributed by atoms with van der Waals surface area (Å²) in [5.74, 6) is -0.467. The summed E-state index contributed by atoms with van der Waals surface area (Å²) in [6, 6.07) is 11.7. The third kappa shape index (κ3) is 6.55. The van der Waals surface area contributed by atoms with Gasteiger partial charge in [-0.2, -0.15) is 0 Å². The summed E-state index contributed by atoms with van der Waals surface area (Å²) in [4.78, 5) is 42.8. The second-order valence-corrected chi connectivity index (χ2v) is 9.56. The van der Waals surface area contributed by atoms with E-state index in [0.29, 0.717) is 22.5 Å². The zero-order valence-corrected chi connectivity index (χ0v) is 21.3. The maximum atomic E-state index is 13.4. The lowest BCUT2D eigenvalue weighted by Crippen LogP contribution is -2.35. The van der Waals surface area contributed by atoms with Gasteiger partial charge in [0.2, 0.25) is 5.91 Å². The zero-order valence-electron chi connectivity index (χ0n) is 21.3. The number of nitrogen functional groups attached to an aromatic ring is 2. The molecular formula is C27H31N7O4. The molecule has 1 fully saturated rings. The van der Waals surface area contributed by atoms with E-state index in [1.165, 1.54) is 10.8 Å². The van der Waals surface area contributed by atoms with E-state index in [9.17, 15) is 14.4 Å². The van der Waals surface area contributed by atoms with Gasteiger partial charge in [0.1, 0.15) is 18.1 Å². The Hall–Kier alpha value is -4.67. The zero-order chi connectivity index (χ0) is 27.4. The first-order valence-electron chi connectivity index (χ1n) is 12.3. The van der Waals surface area contributed by atoms with Crippen LogP contribution in [-0.4, -0.2) is 33.3 Å². The van der Waals surface area contributed by atoms with Crippen LogP contribution in [0, 0.1) is 11.3 Å². The number of nitrogens with one attached hydrogen (secondary N) is 3. The minimum atomic E-state index is -0.476. The Morgan fingerprint density at radius 2 is 1.89 bits per heavy atom. The average Bonchev–Trinajstić information content (AvgIpc) is 3.71. The van der Waals surface area contributed by atoms with Crippen LogP contribution in [0.4, 0.5) is 11.5 Å². The first kappa shape index (κ1) is 26.4. The number of carbonyl (C=O) groups is 2. The van der Waals surface area contributed by atoms with Gasteiger partial charge in [0.05, 0.1) is 17.8 Å². The van der Waals surface area contributed by atoms with Gasteiger partial charge < -0.3 is 26.8 Å². The molecule has 1 aliphatic rings. The summed E-state index contributed by atoms with van der Waals surface area (Å²) in [5.41, 5.74) is 13.7. The predicted molar refractivity (Wildman–Crippen MR) is 145 cm³/mol. The van der Waals surface area contributed by atoms with Crippen molar-refractivity contribution in [2.24, 2.45) is 11.7 Å². The Balaban J connectivity index is 1.60. The lowest BCUT2D eigenvalue weighted by Gasteiger charge is -2.17. The number of nitrogens with two attached hydrogens (primary N) is 2. The van der Waals surface area contributed by atoms with Gasteiger partial charge in [-0.1, -0.05) is 24.3 Å². The smallest absolute Gasteiger partial charge is 0.314 e. The molecule has 198 valence electrons. The van der Waals surface area contributed by atoms with E-state index in [1.807, 2.05) is 13.8 Å². The van der Waals surface area contributed by atoms with E-state index >= 15 is 0 Å². The minimum Gasteiger partial charge on any atom is -0.426 e. The molecule has 4 rings (SSSR count). The molecule has 1 aliphatic carbocycles. The summed E-state index contributed by atoms with van der Waals surface area (Å²) >= 11 is 0. The monoisotopic (exact) mass is 517 g/mol. The molecule has 0 saturated heterocycles. The quantitative estimate of drug-likeness (QED) is 0.0893. The number of nitrogens with zero attached hydrogens (tertiary/aromatic N) is 2. The van der Waals surface area contributed by atoms with Crippen molar-refractivity contribution in [3.8, 4) is 17.0 Å². The highest BCUT2D eigenvalue weighted by Gasteiger charge is 2.31. The molecular weight excluding hydrogens is 486 g/mol. The van der Waals surface area contributed by atoms with Crippen molar-refractivity contribution in [2.75, 3.05) is 11.1 Å². The van der Waals surface area contributed by atoms with Crippen LogP contribution in [0.25, 0.3) is 11.3 Å². The van der Waals surface area contributed by atoms with Crippen molar-refractivity contribution >= 4 is 29.2 Å². The van der Waals surface area contributed by atoms with Gasteiger partial charge in [-0.3, -0.25) is 24.4 Å². The predicted octanol–water partition coefficient (Wildman–Crippen LogP) is 2.23. The molecule has 3 aromatic rings. The van der Waals surface area contributed by atoms with E-state index in [4.69, 9.17) is 21.6 Å². The Bertz CT molecular complexity index is 1430. The van der Waals surface area contributed by atoms with Crippen molar-refractivity contribution in [3.05, 3.63) is 70.1 Å². The Morgan fingerprint density at radius 1 is 1.18 bits per heavy atom. The van der Waals surface area contributed by atoms with Gasteiger partial charge in [0.15, 0.2) is 5.82 Å². The van der Waals surface area contributed by atoms with Crippen LogP contribution in [0.1, 0.15) is 37.8 Å². The average molecular weight is 518 g/mol. The van der Waals surface area contributed by atoms with Gasteiger partial charge in [0, 0.05) is 35.5 Å². The SMILES string of the molecule is CC(C)Nc1ncc(-c2cc(N)cc(OC(=O)C3CC3)c2)n(CC(=O)NCc2ccc(C(=N)N)cc2)c1=O. The molecule has 1 saturated carbocycles.